The van der Waals surface area contributed by atoms with Crippen LogP contribution in [0.2, 0.25) is 0 Å². The second-order valence-electron chi connectivity index (χ2n) is 6.50. The summed E-state index contributed by atoms with van der Waals surface area (Å²) < 4.78 is 4.05. The summed E-state index contributed by atoms with van der Waals surface area (Å²) in [6.07, 6.45) is 2.33. The summed E-state index contributed by atoms with van der Waals surface area (Å²) in [6.45, 7) is 0.829. The molecule has 3 aromatic rings. The molecule has 0 bridgehead atoms. The zero-order valence-electron chi connectivity index (χ0n) is 15.7. The molecule has 1 amide bonds. The lowest BCUT2D eigenvalue weighted by molar-refractivity contribution is -0.121. The fourth-order valence-corrected chi connectivity index (χ4v) is 2.96. The third-order valence-electron chi connectivity index (χ3n) is 4.59. The summed E-state index contributed by atoms with van der Waals surface area (Å²) >= 11 is 0. The zero-order valence-corrected chi connectivity index (χ0v) is 15.7. The summed E-state index contributed by atoms with van der Waals surface area (Å²) in [5.41, 5.74) is 1.34. The third-order valence-corrected chi connectivity index (χ3v) is 4.59. The molecule has 1 N–H and O–H groups in total. The van der Waals surface area contributed by atoms with Gasteiger partial charge < -0.3 is 9.88 Å². The molecule has 0 saturated heterocycles. The number of aryl methyl sites for hydroxylation is 2. The Labute approximate surface area is 160 Å². The topological polar surface area (TPSA) is 115 Å². The van der Waals surface area contributed by atoms with Crippen molar-refractivity contribution in [2.45, 2.75) is 25.9 Å². The van der Waals surface area contributed by atoms with Gasteiger partial charge >= 0.3 is 5.69 Å². The predicted octanol–water partition coefficient (Wildman–Crippen LogP) is 0.402. The maximum Gasteiger partial charge on any atom is 0.332 e. The molecule has 2 aromatic heterocycles. The fraction of sp³-hybridized carbons (Fsp3) is 0.316. The fourth-order valence-electron chi connectivity index (χ4n) is 2.96. The van der Waals surface area contributed by atoms with Gasteiger partial charge in [-0.2, -0.15) is 5.26 Å². The molecule has 0 fully saturated rings. The first kappa shape index (κ1) is 19.1. The van der Waals surface area contributed by atoms with Crippen LogP contribution in [0.25, 0.3) is 11.2 Å². The van der Waals surface area contributed by atoms with Crippen molar-refractivity contribution in [2.75, 3.05) is 0 Å². The number of rotatable bonds is 6. The van der Waals surface area contributed by atoms with Crippen LogP contribution < -0.4 is 16.6 Å². The molecule has 0 aliphatic carbocycles. The number of hydrogen-bond donors (Lipinski definition) is 1. The first-order valence-electron chi connectivity index (χ1n) is 8.79. The number of fused-ring (bicyclic) bond motifs is 1. The monoisotopic (exact) mass is 380 g/mol. The number of amides is 1. The van der Waals surface area contributed by atoms with Crippen molar-refractivity contribution < 1.29 is 4.79 Å². The van der Waals surface area contributed by atoms with Gasteiger partial charge in [0.2, 0.25) is 5.91 Å². The molecule has 0 unspecified atom stereocenters. The van der Waals surface area contributed by atoms with E-state index in [-0.39, 0.29) is 5.91 Å². The van der Waals surface area contributed by atoms with E-state index < -0.39 is 11.2 Å². The molecular formula is C19H20N6O3. The highest BCUT2D eigenvalue weighted by Crippen LogP contribution is 2.07. The van der Waals surface area contributed by atoms with Gasteiger partial charge in [0.15, 0.2) is 11.2 Å². The number of carbonyl (C=O) groups excluding carboxylic acids is 1. The van der Waals surface area contributed by atoms with E-state index in [1.165, 1.54) is 17.9 Å². The van der Waals surface area contributed by atoms with Crippen molar-refractivity contribution in [2.24, 2.45) is 14.1 Å². The Hall–Kier alpha value is -3.67. The first-order valence-corrected chi connectivity index (χ1v) is 8.79. The number of benzene rings is 1. The van der Waals surface area contributed by atoms with Gasteiger partial charge in [-0.1, -0.05) is 12.1 Å². The van der Waals surface area contributed by atoms with E-state index in [9.17, 15) is 14.4 Å². The molecule has 28 heavy (non-hydrogen) atoms. The van der Waals surface area contributed by atoms with Crippen molar-refractivity contribution in [3.05, 3.63) is 62.6 Å². The molecule has 0 radical (unpaired) electrons. The molecule has 3 rings (SSSR count). The summed E-state index contributed by atoms with van der Waals surface area (Å²) in [7, 11) is 3.00. The third kappa shape index (κ3) is 3.71. The molecule has 0 spiro atoms. The van der Waals surface area contributed by atoms with Gasteiger partial charge in [-0.25, -0.2) is 9.78 Å². The number of nitrogens with zero attached hydrogens (tertiary/aromatic N) is 5. The highest BCUT2D eigenvalue weighted by molar-refractivity contribution is 5.75. The van der Waals surface area contributed by atoms with Gasteiger partial charge in [0.05, 0.1) is 18.0 Å². The average Bonchev–Trinajstić information content (AvgIpc) is 3.13. The van der Waals surface area contributed by atoms with Crippen molar-refractivity contribution in [3.63, 3.8) is 0 Å². The maximum absolute atomic E-state index is 12.4. The van der Waals surface area contributed by atoms with Crippen LogP contribution in [0, 0.1) is 11.3 Å². The molecule has 1 aromatic carbocycles. The lowest BCUT2D eigenvalue weighted by atomic mass is 10.1. The maximum atomic E-state index is 12.4. The van der Waals surface area contributed by atoms with Crippen LogP contribution in [0.1, 0.15) is 24.0 Å². The Morgan fingerprint density at radius 3 is 2.57 bits per heavy atom. The smallest absolute Gasteiger partial charge is 0.332 e. The van der Waals surface area contributed by atoms with Gasteiger partial charge in [-0.05, 0) is 24.1 Å². The predicted molar refractivity (Wildman–Crippen MR) is 102 cm³/mol. The van der Waals surface area contributed by atoms with E-state index in [1.807, 2.05) is 6.07 Å². The molecule has 9 heteroatoms. The number of aromatic nitrogens is 4. The standard InChI is InChI=1S/C19H20N6O3/c1-23-17-16(18(27)24(2)19(23)28)25(12-22-17)9-3-4-15(26)21-11-14-7-5-13(10-20)6-8-14/h5-8,12H,3-4,9,11H2,1-2H3,(H,21,26). The zero-order chi connectivity index (χ0) is 20.3. The van der Waals surface area contributed by atoms with Crippen LogP contribution in [0.5, 0.6) is 0 Å². The van der Waals surface area contributed by atoms with E-state index in [2.05, 4.69) is 10.3 Å². The average molecular weight is 380 g/mol. The number of nitrogens with one attached hydrogen (secondary N) is 1. The second-order valence-corrected chi connectivity index (χ2v) is 6.50. The number of imidazole rings is 1. The van der Waals surface area contributed by atoms with Gasteiger partial charge in [-0.3, -0.25) is 18.7 Å². The summed E-state index contributed by atoms with van der Waals surface area (Å²) in [6, 6.07) is 9.07. The number of nitriles is 1. The lowest BCUT2D eigenvalue weighted by Gasteiger charge is -2.08. The largest absolute Gasteiger partial charge is 0.352 e. The lowest BCUT2D eigenvalue weighted by Crippen LogP contribution is -2.37. The van der Waals surface area contributed by atoms with E-state index in [1.54, 1.807) is 35.9 Å². The van der Waals surface area contributed by atoms with Gasteiger partial charge in [0.1, 0.15) is 0 Å². The van der Waals surface area contributed by atoms with Crippen LogP contribution in [0.3, 0.4) is 0 Å². The minimum absolute atomic E-state index is 0.103. The van der Waals surface area contributed by atoms with E-state index in [0.717, 1.165) is 10.1 Å². The quantitative estimate of drug-likeness (QED) is 0.665. The molecule has 0 aliphatic heterocycles. The Balaban J connectivity index is 1.59. The molecule has 2 heterocycles. The number of carbonyl (C=O) groups is 1. The van der Waals surface area contributed by atoms with Gasteiger partial charge in [0.25, 0.3) is 5.56 Å². The number of hydrogen-bond acceptors (Lipinski definition) is 5. The van der Waals surface area contributed by atoms with Crippen molar-refractivity contribution >= 4 is 17.1 Å². The summed E-state index contributed by atoms with van der Waals surface area (Å²) in [5, 5.41) is 11.6. The van der Waals surface area contributed by atoms with E-state index >= 15 is 0 Å². The van der Waals surface area contributed by atoms with E-state index in [4.69, 9.17) is 5.26 Å². The van der Waals surface area contributed by atoms with Crippen molar-refractivity contribution in [1.82, 2.24) is 24.0 Å². The molecule has 9 nitrogen and oxygen atoms in total. The normalized spacial score (nSPS) is 10.8. The van der Waals surface area contributed by atoms with Crippen molar-refractivity contribution in [3.8, 4) is 6.07 Å². The Bertz CT molecular complexity index is 1180. The van der Waals surface area contributed by atoms with Crippen molar-refractivity contribution in [1.29, 1.82) is 5.26 Å². The second kappa shape index (κ2) is 7.92. The van der Waals surface area contributed by atoms with Crippen LogP contribution in [-0.4, -0.2) is 24.6 Å². The summed E-state index contributed by atoms with van der Waals surface area (Å²) in [4.78, 5) is 40.5. The van der Waals surface area contributed by atoms with Crippen LogP contribution in [-0.2, 0) is 32.0 Å². The van der Waals surface area contributed by atoms with Crippen LogP contribution in [0.15, 0.2) is 40.2 Å². The Morgan fingerprint density at radius 2 is 1.89 bits per heavy atom. The minimum Gasteiger partial charge on any atom is -0.352 e. The Kier molecular flexibility index (Phi) is 5.40. The molecular weight excluding hydrogens is 360 g/mol. The SMILES string of the molecule is Cn1c(=O)c2c(ncn2CCCC(=O)NCc2ccc(C#N)cc2)n(C)c1=O. The highest BCUT2D eigenvalue weighted by Gasteiger charge is 2.14. The van der Waals surface area contributed by atoms with Crippen LogP contribution >= 0.6 is 0 Å². The Morgan fingerprint density at radius 1 is 1.18 bits per heavy atom. The van der Waals surface area contributed by atoms with Gasteiger partial charge in [0, 0.05) is 33.6 Å². The summed E-state index contributed by atoms with van der Waals surface area (Å²) in [5.74, 6) is -0.103. The molecule has 0 aliphatic rings. The molecule has 0 saturated carbocycles. The van der Waals surface area contributed by atoms with Crippen LogP contribution in [0.4, 0.5) is 0 Å². The van der Waals surface area contributed by atoms with Gasteiger partial charge in [-0.15, -0.1) is 0 Å². The molecule has 144 valence electrons. The first-order chi connectivity index (χ1) is 13.4. The van der Waals surface area contributed by atoms with E-state index in [0.29, 0.717) is 42.7 Å². The minimum atomic E-state index is -0.426. The molecule has 0 atom stereocenters. The highest BCUT2D eigenvalue weighted by atomic mass is 16.2.